The minimum atomic E-state index is -1.02. The van der Waals surface area contributed by atoms with Gasteiger partial charge in [-0.15, -0.1) is 0 Å². The molecule has 5 N–H and O–H groups in total. The van der Waals surface area contributed by atoms with Gasteiger partial charge in [0.05, 0.1) is 13.0 Å². The molecule has 1 aliphatic heterocycles. The standard InChI is InChI=1S/C28H49N5O7/c1-10-17(8)20-12-21(34)29-13-22(35)32-23(15(4)5)27(38)31-19(11-14(2)3)26(37)30-18(9)25(36)33-24(16(6)7)28(39)40-20/h14-20,23-24H,10-13H2,1-9H3,(H,29,34)(H,30,37)(H,31,38)(H,32,35)(H,33,36)/t17-,18-,19?,20-,23-,24-/m0/s1. The summed E-state index contributed by atoms with van der Waals surface area (Å²) in [6.07, 6.45) is -0.0528. The van der Waals surface area contributed by atoms with E-state index in [2.05, 4.69) is 26.6 Å². The van der Waals surface area contributed by atoms with Gasteiger partial charge in [0, 0.05) is 0 Å². The molecule has 0 saturated carbocycles. The third-order valence-corrected chi connectivity index (χ3v) is 6.95. The van der Waals surface area contributed by atoms with Crippen LogP contribution in [0.1, 0.15) is 81.6 Å². The predicted octanol–water partition coefficient (Wildman–Crippen LogP) is 0.781. The van der Waals surface area contributed by atoms with Gasteiger partial charge in [0.2, 0.25) is 29.5 Å². The summed E-state index contributed by atoms with van der Waals surface area (Å²) in [6, 6.07) is -3.97. The fourth-order valence-electron chi connectivity index (χ4n) is 4.16. The minimum Gasteiger partial charge on any atom is -0.460 e. The van der Waals surface area contributed by atoms with Crippen molar-refractivity contribution >= 4 is 35.5 Å². The molecule has 0 spiro atoms. The molecule has 0 aromatic heterocycles. The van der Waals surface area contributed by atoms with Crippen LogP contribution in [-0.2, 0) is 33.5 Å². The summed E-state index contributed by atoms with van der Waals surface area (Å²) in [4.78, 5) is 77.8. The molecule has 12 heteroatoms. The quantitative estimate of drug-likeness (QED) is 0.295. The molecule has 0 aromatic carbocycles. The predicted molar refractivity (Wildman–Crippen MR) is 149 cm³/mol. The molecule has 1 saturated heterocycles. The SMILES string of the molecule is CC[C@H](C)[C@@H]1CC(=O)NCC(=O)N[C@@H](C(C)C)C(=O)NC(CC(C)C)C(=O)N[C@@H](C)C(=O)N[C@@H](C(C)C)C(=O)O1. The Hall–Kier alpha value is -3.18. The van der Waals surface area contributed by atoms with Crippen LogP contribution in [-0.4, -0.2) is 72.3 Å². The summed E-state index contributed by atoms with van der Waals surface area (Å²) in [7, 11) is 0. The van der Waals surface area contributed by atoms with E-state index in [-0.39, 0.29) is 36.6 Å². The Balaban J connectivity index is 3.39. The summed E-state index contributed by atoms with van der Waals surface area (Å²) < 4.78 is 5.71. The molecular formula is C28H49N5O7. The molecule has 228 valence electrons. The fourth-order valence-corrected chi connectivity index (χ4v) is 4.16. The molecule has 0 bridgehead atoms. The molecule has 0 aliphatic carbocycles. The van der Waals surface area contributed by atoms with Crippen LogP contribution in [0.25, 0.3) is 0 Å². The van der Waals surface area contributed by atoms with Crippen molar-refractivity contribution in [2.45, 2.75) is 112 Å². The van der Waals surface area contributed by atoms with Gasteiger partial charge in [-0.1, -0.05) is 61.8 Å². The molecule has 1 fully saturated rings. The van der Waals surface area contributed by atoms with Gasteiger partial charge in [0.15, 0.2) is 0 Å². The number of rotatable bonds is 6. The van der Waals surface area contributed by atoms with E-state index in [9.17, 15) is 28.8 Å². The smallest absolute Gasteiger partial charge is 0.329 e. The first kappa shape index (κ1) is 34.8. The van der Waals surface area contributed by atoms with Crippen molar-refractivity contribution in [2.75, 3.05) is 6.54 Å². The minimum absolute atomic E-state index is 0.0302. The molecule has 40 heavy (non-hydrogen) atoms. The number of hydrogen-bond donors (Lipinski definition) is 5. The van der Waals surface area contributed by atoms with Gasteiger partial charge in [-0.05, 0) is 37.0 Å². The Kier molecular flexibility index (Phi) is 14.1. The average molecular weight is 568 g/mol. The monoisotopic (exact) mass is 567 g/mol. The fraction of sp³-hybridized carbons (Fsp3) is 0.786. The lowest BCUT2D eigenvalue weighted by Gasteiger charge is -2.28. The van der Waals surface area contributed by atoms with Crippen molar-refractivity contribution in [3.63, 3.8) is 0 Å². The summed E-state index contributed by atoms with van der Waals surface area (Å²) >= 11 is 0. The number of ether oxygens (including phenoxy) is 1. The normalized spacial score (nSPS) is 27.4. The Bertz CT molecular complexity index is 921. The van der Waals surface area contributed by atoms with E-state index in [4.69, 9.17) is 4.74 Å². The van der Waals surface area contributed by atoms with Crippen LogP contribution in [0.15, 0.2) is 0 Å². The van der Waals surface area contributed by atoms with Crippen LogP contribution < -0.4 is 26.6 Å². The molecule has 0 radical (unpaired) electrons. The molecule has 12 nitrogen and oxygen atoms in total. The van der Waals surface area contributed by atoms with E-state index in [0.29, 0.717) is 12.8 Å². The van der Waals surface area contributed by atoms with Gasteiger partial charge < -0.3 is 31.3 Å². The van der Waals surface area contributed by atoms with Crippen molar-refractivity contribution < 1.29 is 33.5 Å². The number of carbonyl (C=O) groups excluding carboxylic acids is 6. The van der Waals surface area contributed by atoms with E-state index < -0.39 is 65.8 Å². The lowest BCUT2D eigenvalue weighted by Crippen LogP contribution is -2.58. The lowest BCUT2D eigenvalue weighted by atomic mass is 9.98. The zero-order chi connectivity index (χ0) is 30.7. The number of cyclic esters (lactones) is 1. The highest BCUT2D eigenvalue weighted by Gasteiger charge is 2.34. The lowest BCUT2D eigenvalue weighted by molar-refractivity contribution is -0.158. The largest absolute Gasteiger partial charge is 0.460 e. The first-order valence-electron chi connectivity index (χ1n) is 14.2. The molecule has 1 aliphatic rings. The van der Waals surface area contributed by atoms with E-state index in [1.807, 2.05) is 27.7 Å². The first-order chi connectivity index (χ1) is 18.6. The van der Waals surface area contributed by atoms with Crippen LogP contribution in [0.3, 0.4) is 0 Å². The van der Waals surface area contributed by atoms with E-state index in [0.717, 1.165) is 0 Å². The molecule has 1 rings (SSSR count). The highest BCUT2D eigenvalue weighted by molar-refractivity contribution is 5.95. The van der Waals surface area contributed by atoms with Gasteiger partial charge in [-0.25, -0.2) is 4.79 Å². The van der Waals surface area contributed by atoms with E-state index >= 15 is 0 Å². The van der Waals surface area contributed by atoms with Crippen molar-refractivity contribution in [3.05, 3.63) is 0 Å². The molecular weight excluding hydrogens is 518 g/mol. The first-order valence-corrected chi connectivity index (χ1v) is 14.2. The van der Waals surface area contributed by atoms with Crippen LogP contribution in [0.2, 0.25) is 0 Å². The van der Waals surface area contributed by atoms with Crippen LogP contribution in [0.4, 0.5) is 0 Å². The van der Waals surface area contributed by atoms with Gasteiger partial charge >= 0.3 is 5.97 Å². The molecule has 5 amide bonds. The number of nitrogens with one attached hydrogen (secondary N) is 5. The number of carbonyl (C=O) groups is 6. The maximum Gasteiger partial charge on any atom is 0.329 e. The number of amides is 5. The zero-order valence-corrected chi connectivity index (χ0v) is 25.4. The maximum atomic E-state index is 13.2. The Morgan fingerprint density at radius 1 is 0.750 bits per heavy atom. The van der Waals surface area contributed by atoms with Gasteiger partial charge in [0.1, 0.15) is 30.3 Å². The second-order valence-electron chi connectivity index (χ2n) is 11.8. The van der Waals surface area contributed by atoms with E-state index in [1.165, 1.54) is 6.92 Å². The average Bonchev–Trinajstić information content (AvgIpc) is 2.86. The van der Waals surface area contributed by atoms with Crippen molar-refractivity contribution in [3.8, 4) is 0 Å². The second kappa shape index (κ2) is 16.2. The van der Waals surface area contributed by atoms with Crippen LogP contribution >= 0.6 is 0 Å². The molecule has 6 atom stereocenters. The summed E-state index contributed by atoms with van der Waals surface area (Å²) in [5.74, 6) is -4.29. The third kappa shape index (κ3) is 11.1. The Morgan fingerprint density at radius 3 is 1.88 bits per heavy atom. The second-order valence-corrected chi connectivity index (χ2v) is 11.8. The van der Waals surface area contributed by atoms with E-state index in [1.54, 1.807) is 27.7 Å². The summed E-state index contributed by atoms with van der Waals surface area (Å²) in [5, 5.41) is 13.2. The molecule has 1 heterocycles. The van der Waals surface area contributed by atoms with Crippen LogP contribution in [0, 0.1) is 23.7 Å². The molecule has 1 unspecified atom stereocenters. The maximum absolute atomic E-state index is 13.2. The third-order valence-electron chi connectivity index (χ3n) is 6.95. The summed E-state index contributed by atoms with van der Waals surface area (Å²) in [5.41, 5.74) is 0. The van der Waals surface area contributed by atoms with Crippen molar-refractivity contribution in [1.82, 2.24) is 26.6 Å². The Morgan fingerprint density at radius 2 is 1.35 bits per heavy atom. The van der Waals surface area contributed by atoms with Crippen molar-refractivity contribution in [1.29, 1.82) is 0 Å². The number of hydrogen-bond acceptors (Lipinski definition) is 7. The zero-order valence-electron chi connectivity index (χ0n) is 25.4. The number of esters is 1. The van der Waals surface area contributed by atoms with Gasteiger partial charge in [-0.2, -0.15) is 0 Å². The highest BCUT2D eigenvalue weighted by atomic mass is 16.5. The topological polar surface area (TPSA) is 172 Å². The molecule has 0 aromatic rings. The van der Waals surface area contributed by atoms with Gasteiger partial charge in [0.25, 0.3) is 0 Å². The summed E-state index contributed by atoms with van der Waals surface area (Å²) in [6.45, 7) is 15.6. The van der Waals surface area contributed by atoms with Crippen molar-refractivity contribution in [2.24, 2.45) is 23.7 Å². The highest BCUT2D eigenvalue weighted by Crippen LogP contribution is 2.18. The van der Waals surface area contributed by atoms with Crippen LogP contribution in [0.5, 0.6) is 0 Å². The Labute approximate surface area is 237 Å². The van der Waals surface area contributed by atoms with Gasteiger partial charge in [-0.3, -0.25) is 24.0 Å².